The number of likely N-dealkylation sites (tertiary alicyclic amines) is 1. The molecule has 1 aromatic heterocycles. The summed E-state index contributed by atoms with van der Waals surface area (Å²) in [7, 11) is 1.84. The summed E-state index contributed by atoms with van der Waals surface area (Å²) in [6.45, 7) is 10.1. The molecule has 1 aromatic rings. The van der Waals surface area contributed by atoms with Crippen LogP contribution in [0.4, 0.5) is 5.82 Å². The van der Waals surface area contributed by atoms with Crippen molar-refractivity contribution >= 4 is 11.8 Å². The minimum atomic E-state index is 0.771. The highest BCUT2D eigenvalue weighted by molar-refractivity contribution is 5.79. The maximum atomic E-state index is 4.53. The third-order valence-electron chi connectivity index (χ3n) is 5.74. The van der Waals surface area contributed by atoms with Crippen molar-refractivity contribution in [2.24, 2.45) is 10.9 Å². The molecular formula is C21H36N6. The Morgan fingerprint density at radius 2 is 1.96 bits per heavy atom. The molecule has 2 saturated heterocycles. The number of aliphatic imine (C=N–C) groups is 1. The molecule has 0 radical (unpaired) electrons. The number of anilines is 1. The van der Waals surface area contributed by atoms with Gasteiger partial charge in [-0.25, -0.2) is 4.98 Å². The Kier molecular flexibility index (Phi) is 7.75. The molecule has 0 bridgehead atoms. The molecule has 0 aromatic carbocycles. The number of nitrogens with zero attached hydrogens (tertiary/aromatic N) is 4. The summed E-state index contributed by atoms with van der Waals surface area (Å²) >= 11 is 0. The normalized spacial score (nSPS) is 19.5. The van der Waals surface area contributed by atoms with E-state index in [4.69, 9.17) is 0 Å². The SMILES string of the molecule is CN=C(NCCCN1CCC(C)CC1)NCc1ccnc(N2CCCC2)c1. The third-order valence-corrected chi connectivity index (χ3v) is 5.74. The Morgan fingerprint density at radius 3 is 2.70 bits per heavy atom. The molecule has 2 aliphatic rings. The highest BCUT2D eigenvalue weighted by Crippen LogP contribution is 2.18. The van der Waals surface area contributed by atoms with Crippen LogP contribution in [0.2, 0.25) is 0 Å². The molecule has 6 heteroatoms. The van der Waals surface area contributed by atoms with Gasteiger partial charge in [-0.3, -0.25) is 4.99 Å². The monoisotopic (exact) mass is 372 g/mol. The molecule has 3 rings (SSSR count). The maximum Gasteiger partial charge on any atom is 0.191 e. The molecule has 0 amide bonds. The molecule has 2 N–H and O–H groups in total. The molecule has 27 heavy (non-hydrogen) atoms. The van der Waals surface area contributed by atoms with Crippen molar-refractivity contribution in [2.45, 2.75) is 45.6 Å². The second-order valence-electron chi connectivity index (χ2n) is 7.95. The lowest BCUT2D eigenvalue weighted by molar-refractivity contribution is 0.191. The number of pyridine rings is 1. The van der Waals surface area contributed by atoms with Crippen LogP contribution in [0.25, 0.3) is 0 Å². The van der Waals surface area contributed by atoms with Crippen molar-refractivity contribution in [3.8, 4) is 0 Å². The van der Waals surface area contributed by atoms with Gasteiger partial charge in [-0.15, -0.1) is 0 Å². The van der Waals surface area contributed by atoms with Crippen LogP contribution in [0.1, 0.15) is 44.6 Å². The van der Waals surface area contributed by atoms with Crippen LogP contribution in [0, 0.1) is 5.92 Å². The Morgan fingerprint density at radius 1 is 1.19 bits per heavy atom. The fraction of sp³-hybridized carbons (Fsp3) is 0.714. The number of rotatable bonds is 7. The lowest BCUT2D eigenvalue weighted by atomic mass is 9.99. The van der Waals surface area contributed by atoms with Crippen LogP contribution in [0.5, 0.6) is 0 Å². The van der Waals surface area contributed by atoms with E-state index in [-0.39, 0.29) is 0 Å². The van der Waals surface area contributed by atoms with E-state index in [0.29, 0.717) is 0 Å². The molecule has 0 spiro atoms. The Hall–Kier alpha value is -1.82. The lowest BCUT2D eigenvalue weighted by Crippen LogP contribution is -2.39. The first-order valence-electron chi connectivity index (χ1n) is 10.6. The van der Waals surface area contributed by atoms with E-state index in [1.165, 1.54) is 50.9 Å². The zero-order valence-corrected chi connectivity index (χ0v) is 17.1. The summed E-state index contributed by atoms with van der Waals surface area (Å²) in [5.74, 6) is 2.88. The van der Waals surface area contributed by atoms with Gasteiger partial charge in [-0.1, -0.05) is 6.92 Å². The fourth-order valence-corrected chi connectivity index (χ4v) is 3.89. The minimum absolute atomic E-state index is 0.771. The van der Waals surface area contributed by atoms with E-state index < -0.39 is 0 Å². The molecule has 0 unspecified atom stereocenters. The Balaban J connectivity index is 1.36. The molecule has 2 aliphatic heterocycles. The molecule has 150 valence electrons. The Bertz CT molecular complexity index is 588. The van der Waals surface area contributed by atoms with Crippen LogP contribution in [0.3, 0.4) is 0 Å². The Labute approximate surface area is 164 Å². The second-order valence-corrected chi connectivity index (χ2v) is 7.95. The first-order chi connectivity index (χ1) is 13.2. The zero-order valence-electron chi connectivity index (χ0n) is 17.1. The summed E-state index contributed by atoms with van der Waals surface area (Å²) in [4.78, 5) is 13.8. The maximum absolute atomic E-state index is 4.53. The van der Waals surface area contributed by atoms with E-state index in [9.17, 15) is 0 Å². The number of aromatic nitrogens is 1. The van der Waals surface area contributed by atoms with Crippen molar-refractivity contribution in [2.75, 3.05) is 51.2 Å². The van der Waals surface area contributed by atoms with Crippen LogP contribution in [-0.4, -0.2) is 62.2 Å². The van der Waals surface area contributed by atoms with Crippen LogP contribution >= 0.6 is 0 Å². The molecule has 2 fully saturated rings. The summed E-state index contributed by atoms with van der Waals surface area (Å²) in [6, 6.07) is 4.28. The van der Waals surface area contributed by atoms with Crippen molar-refractivity contribution < 1.29 is 0 Å². The highest BCUT2D eigenvalue weighted by Gasteiger charge is 2.15. The van der Waals surface area contributed by atoms with Gasteiger partial charge in [0.15, 0.2) is 5.96 Å². The quantitative estimate of drug-likeness (QED) is 0.437. The number of guanidine groups is 1. The van der Waals surface area contributed by atoms with Gasteiger partial charge in [-0.05, 0) is 75.4 Å². The summed E-state index contributed by atoms with van der Waals surface area (Å²) in [6.07, 6.45) is 8.32. The van der Waals surface area contributed by atoms with E-state index in [1.54, 1.807) is 0 Å². The number of piperidine rings is 1. The fourth-order valence-electron chi connectivity index (χ4n) is 3.89. The summed E-state index contributed by atoms with van der Waals surface area (Å²) < 4.78 is 0. The average molecular weight is 373 g/mol. The van der Waals surface area contributed by atoms with Crippen molar-refractivity contribution in [3.05, 3.63) is 23.9 Å². The van der Waals surface area contributed by atoms with Crippen molar-refractivity contribution in [3.63, 3.8) is 0 Å². The second kappa shape index (κ2) is 10.5. The van der Waals surface area contributed by atoms with Gasteiger partial charge in [0.25, 0.3) is 0 Å². The number of hydrogen-bond acceptors (Lipinski definition) is 4. The van der Waals surface area contributed by atoms with Gasteiger partial charge in [0.05, 0.1) is 0 Å². The van der Waals surface area contributed by atoms with Crippen molar-refractivity contribution in [1.82, 2.24) is 20.5 Å². The topological polar surface area (TPSA) is 55.8 Å². The van der Waals surface area contributed by atoms with Gasteiger partial charge in [0.1, 0.15) is 5.82 Å². The molecule has 6 nitrogen and oxygen atoms in total. The summed E-state index contributed by atoms with van der Waals surface area (Å²) in [5.41, 5.74) is 1.25. The number of hydrogen-bond donors (Lipinski definition) is 2. The van der Waals surface area contributed by atoms with Crippen LogP contribution < -0.4 is 15.5 Å². The average Bonchev–Trinajstić information content (AvgIpc) is 3.24. The van der Waals surface area contributed by atoms with E-state index in [2.05, 4.69) is 49.5 Å². The largest absolute Gasteiger partial charge is 0.357 e. The predicted octanol–water partition coefficient (Wildman–Crippen LogP) is 2.47. The zero-order chi connectivity index (χ0) is 18.9. The van der Waals surface area contributed by atoms with Gasteiger partial charge in [-0.2, -0.15) is 0 Å². The van der Waals surface area contributed by atoms with E-state index in [1.807, 2.05) is 13.2 Å². The minimum Gasteiger partial charge on any atom is -0.357 e. The van der Waals surface area contributed by atoms with E-state index >= 15 is 0 Å². The van der Waals surface area contributed by atoms with E-state index in [0.717, 1.165) is 50.3 Å². The third kappa shape index (κ3) is 6.38. The standard InChI is InChI=1S/C21H36N6/c1-18-7-14-26(15-8-18)11-5-9-24-21(22-2)25-17-19-6-10-23-20(16-19)27-12-3-4-13-27/h6,10,16,18H,3-5,7-9,11-15,17H2,1-2H3,(H2,22,24,25). The van der Waals surface area contributed by atoms with Crippen LogP contribution in [-0.2, 0) is 6.54 Å². The molecule has 3 heterocycles. The molecule has 0 atom stereocenters. The van der Waals surface area contributed by atoms with Crippen LogP contribution in [0.15, 0.2) is 23.3 Å². The van der Waals surface area contributed by atoms with Gasteiger partial charge in [0.2, 0.25) is 0 Å². The predicted molar refractivity (Wildman–Crippen MR) is 113 cm³/mol. The van der Waals surface area contributed by atoms with Gasteiger partial charge >= 0.3 is 0 Å². The first kappa shape index (κ1) is 19.9. The first-order valence-corrected chi connectivity index (χ1v) is 10.6. The number of nitrogens with one attached hydrogen (secondary N) is 2. The molecule has 0 aliphatic carbocycles. The highest BCUT2D eigenvalue weighted by atomic mass is 15.2. The van der Waals surface area contributed by atoms with Gasteiger partial charge in [0, 0.05) is 39.4 Å². The molecule has 0 saturated carbocycles. The molecular weight excluding hydrogens is 336 g/mol. The summed E-state index contributed by atoms with van der Waals surface area (Å²) in [5, 5.41) is 6.87. The smallest absolute Gasteiger partial charge is 0.191 e. The van der Waals surface area contributed by atoms with Crippen molar-refractivity contribution in [1.29, 1.82) is 0 Å². The lowest BCUT2D eigenvalue weighted by Gasteiger charge is -2.30. The van der Waals surface area contributed by atoms with Gasteiger partial charge < -0.3 is 20.4 Å².